The molecule has 1 saturated heterocycles. The molecular formula is C20H22FN3. The normalized spacial score (nSPS) is 19.0. The highest BCUT2D eigenvalue weighted by molar-refractivity contribution is 5.78. The quantitative estimate of drug-likeness (QED) is 0.782. The molecule has 1 fully saturated rings. The molecule has 0 saturated carbocycles. The van der Waals surface area contributed by atoms with Crippen molar-refractivity contribution in [2.45, 2.75) is 25.8 Å². The van der Waals surface area contributed by atoms with E-state index in [0.29, 0.717) is 5.92 Å². The lowest BCUT2D eigenvalue weighted by molar-refractivity contribution is 0.167. The number of hydrogen-bond donors (Lipinski definition) is 1. The van der Waals surface area contributed by atoms with Gasteiger partial charge < -0.3 is 0 Å². The van der Waals surface area contributed by atoms with Crippen LogP contribution >= 0.6 is 0 Å². The van der Waals surface area contributed by atoms with E-state index in [1.165, 1.54) is 29.4 Å². The summed E-state index contributed by atoms with van der Waals surface area (Å²) < 4.78 is 13.0. The van der Waals surface area contributed by atoms with Gasteiger partial charge in [-0.1, -0.05) is 18.2 Å². The molecule has 1 aromatic heterocycles. The zero-order chi connectivity index (χ0) is 16.4. The third kappa shape index (κ3) is 3.49. The molecule has 0 amide bonds. The first-order valence-electron chi connectivity index (χ1n) is 8.65. The molecule has 0 aliphatic carbocycles. The van der Waals surface area contributed by atoms with Gasteiger partial charge in [-0.25, -0.2) is 4.39 Å². The van der Waals surface area contributed by atoms with Crippen LogP contribution < -0.4 is 0 Å². The fraction of sp³-hybridized carbons (Fsp3) is 0.350. The average Bonchev–Trinajstić information content (AvgIpc) is 3.05. The second kappa shape index (κ2) is 6.73. The van der Waals surface area contributed by atoms with Crippen molar-refractivity contribution < 1.29 is 4.39 Å². The van der Waals surface area contributed by atoms with E-state index in [0.717, 1.165) is 31.6 Å². The lowest BCUT2D eigenvalue weighted by Crippen LogP contribution is -2.35. The van der Waals surface area contributed by atoms with Crippen molar-refractivity contribution in [3.8, 4) is 0 Å². The van der Waals surface area contributed by atoms with E-state index in [2.05, 4.69) is 33.3 Å². The molecule has 1 aliphatic heterocycles. The molecule has 0 unspecified atom stereocenters. The number of aromatic nitrogens is 2. The Morgan fingerprint density at radius 1 is 1.12 bits per heavy atom. The summed E-state index contributed by atoms with van der Waals surface area (Å²) in [5.74, 6) is 0.522. The summed E-state index contributed by atoms with van der Waals surface area (Å²) >= 11 is 0. The molecule has 0 bridgehead atoms. The minimum atomic E-state index is -0.162. The Hall–Kier alpha value is -2.20. The van der Waals surface area contributed by atoms with Crippen molar-refractivity contribution in [2.24, 2.45) is 5.92 Å². The fourth-order valence-corrected chi connectivity index (χ4v) is 3.76. The van der Waals surface area contributed by atoms with E-state index in [1.54, 1.807) is 12.1 Å². The van der Waals surface area contributed by atoms with Gasteiger partial charge in [-0.2, -0.15) is 5.10 Å². The minimum absolute atomic E-state index is 0.162. The van der Waals surface area contributed by atoms with E-state index < -0.39 is 0 Å². The van der Waals surface area contributed by atoms with E-state index in [9.17, 15) is 4.39 Å². The van der Waals surface area contributed by atoms with Crippen LogP contribution in [-0.4, -0.2) is 28.2 Å². The topological polar surface area (TPSA) is 31.9 Å². The van der Waals surface area contributed by atoms with Crippen LogP contribution in [0.3, 0.4) is 0 Å². The van der Waals surface area contributed by atoms with Gasteiger partial charge in [0.05, 0.1) is 11.7 Å². The second-order valence-corrected chi connectivity index (χ2v) is 6.87. The summed E-state index contributed by atoms with van der Waals surface area (Å²) in [6, 6.07) is 13.5. The molecule has 4 heteroatoms. The SMILES string of the molecule is Fc1ccc(CN2CCC[C@@H](Cc3ccc4[nH]ncc4c3)C2)cc1. The molecule has 1 atom stereocenters. The number of rotatable bonds is 4. The maximum Gasteiger partial charge on any atom is 0.123 e. The molecule has 4 rings (SSSR count). The molecule has 3 aromatic rings. The molecule has 0 radical (unpaired) electrons. The van der Waals surface area contributed by atoms with Crippen LogP contribution in [0.1, 0.15) is 24.0 Å². The Morgan fingerprint density at radius 2 is 1.96 bits per heavy atom. The van der Waals surface area contributed by atoms with Gasteiger partial charge in [-0.15, -0.1) is 0 Å². The van der Waals surface area contributed by atoms with Crippen LogP contribution in [0.25, 0.3) is 10.9 Å². The first kappa shape index (κ1) is 15.3. The van der Waals surface area contributed by atoms with Crippen molar-refractivity contribution in [1.29, 1.82) is 0 Å². The Morgan fingerprint density at radius 3 is 2.83 bits per heavy atom. The predicted octanol–water partition coefficient (Wildman–Crippen LogP) is 4.16. The van der Waals surface area contributed by atoms with E-state index in [-0.39, 0.29) is 5.82 Å². The summed E-state index contributed by atoms with van der Waals surface area (Å²) in [7, 11) is 0. The summed E-state index contributed by atoms with van der Waals surface area (Å²) in [4.78, 5) is 2.50. The van der Waals surface area contributed by atoms with E-state index in [1.807, 2.05) is 18.3 Å². The predicted molar refractivity (Wildman–Crippen MR) is 94.2 cm³/mol. The number of piperidine rings is 1. The van der Waals surface area contributed by atoms with Gasteiger partial charge in [-0.05, 0) is 67.1 Å². The number of H-pyrrole nitrogens is 1. The largest absolute Gasteiger partial charge is 0.299 e. The fourth-order valence-electron chi connectivity index (χ4n) is 3.76. The number of aromatic amines is 1. The zero-order valence-electron chi connectivity index (χ0n) is 13.7. The Labute approximate surface area is 141 Å². The first-order chi connectivity index (χ1) is 11.8. The monoisotopic (exact) mass is 323 g/mol. The van der Waals surface area contributed by atoms with Crippen molar-refractivity contribution in [3.05, 3.63) is 65.6 Å². The smallest absolute Gasteiger partial charge is 0.123 e. The summed E-state index contributed by atoms with van der Waals surface area (Å²) in [6.07, 6.45) is 5.52. The second-order valence-electron chi connectivity index (χ2n) is 6.87. The van der Waals surface area contributed by atoms with Crippen LogP contribution in [0.15, 0.2) is 48.7 Å². The summed E-state index contributed by atoms with van der Waals surface area (Å²) in [5.41, 5.74) is 3.68. The number of benzene rings is 2. The number of hydrogen-bond acceptors (Lipinski definition) is 2. The third-order valence-electron chi connectivity index (χ3n) is 4.95. The van der Waals surface area contributed by atoms with Gasteiger partial charge in [0.1, 0.15) is 5.82 Å². The maximum absolute atomic E-state index is 13.0. The van der Waals surface area contributed by atoms with Gasteiger partial charge in [0.25, 0.3) is 0 Å². The number of likely N-dealkylation sites (tertiary alicyclic amines) is 1. The zero-order valence-corrected chi connectivity index (χ0v) is 13.7. The Kier molecular flexibility index (Phi) is 4.30. The highest BCUT2D eigenvalue weighted by Crippen LogP contribution is 2.24. The van der Waals surface area contributed by atoms with Crippen LogP contribution in [0.4, 0.5) is 4.39 Å². The molecule has 124 valence electrons. The molecule has 0 spiro atoms. The van der Waals surface area contributed by atoms with Crippen LogP contribution in [0, 0.1) is 11.7 Å². The van der Waals surface area contributed by atoms with Gasteiger partial charge in [0.15, 0.2) is 0 Å². The van der Waals surface area contributed by atoms with E-state index >= 15 is 0 Å². The Bertz CT molecular complexity index is 809. The highest BCUT2D eigenvalue weighted by Gasteiger charge is 2.20. The number of halogens is 1. The molecule has 1 aliphatic rings. The molecule has 2 aromatic carbocycles. The molecule has 3 nitrogen and oxygen atoms in total. The van der Waals surface area contributed by atoms with Crippen LogP contribution in [0.5, 0.6) is 0 Å². The standard InChI is InChI=1S/C20H22FN3/c21-19-6-3-15(4-7-19)13-24-9-1-2-17(14-24)10-16-5-8-20-18(11-16)12-22-23-20/h3-8,11-12,17H,1-2,9-10,13-14H2,(H,22,23)/t17-/m0/s1. The van der Waals surface area contributed by atoms with Gasteiger partial charge in [0, 0.05) is 18.5 Å². The lowest BCUT2D eigenvalue weighted by atomic mass is 9.90. The molecule has 2 heterocycles. The number of nitrogens with one attached hydrogen (secondary N) is 1. The summed E-state index contributed by atoms with van der Waals surface area (Å²) in [6.45, 7) is 3.16. The molecular weight excluding hydrogens is 301 g/mol. The van der Waals surface area contributed by atoms with Gasteiger partial charge in [0.2, 0.25) is 0 Å². The maximum atomic E-state index is 13.0. The van der Waals surface area contributed by atoms with Crippen molar-refractivity contribution >= 4 is 10.9 Å². The number of fused-ring (bicyclic) bond motifs is 1. The van der Waals surface area contributed by atoms with Crippen LogP contribution in [0.2, 0.25) is 0 Å². The highest BCUT2D eigenvalue weighted by atomic mass is 19.1. The Balaban J connectivity index is 1.39. The summed E-state index contributed by atoms with van der Waals surface area (Å²) in [5, 5.41) is 8.28. The average molecular weight is 323 g/mol. The van der Waals surface area contributed by atoms with Crippen LogP contribution in [-0.2, 0) is 13.0 Å². The molecule has 1 N–H and O–H groups in total. The van der Waals surface area contributed by atoms with Crippen molar-refractivity contribution in [2.75, 3.05) is 13.1 Å². The van der Waals surface area contributed by atoms with Crippen molar-refractivity contribution in [3.63, 3.8) is 0 Å². The van der Waals surface area contributed by atoms with Gasteiger partial charge >= 0.3 is 0 Å². The first-order valence-corrected chi connectivity index (χ1v) is 8.65. The van der Waals surface area contributed by atoms with E-state index in [4.69, 9.17) is 0 Å². The molecule has 24 heavy (non-hydrogen) atoms. The minimum Gasteiger partial charge on any atom is -0.299 e. The van der Waals surface area contributed by atoms with Gasteiger partial charge in [-0.3, -0.25) is 10.00 Å². The third-order valence-corrected chi connectivity index (χ3v) is 4.95. The van der Waals surface area contributed by atoms with Crippen molar-refractivity contribution in [1.82, 2.24) is 15.1 Å². The lowest BCUT2D eigenvalue weighted by Gasteiger charge is -2.33. The number of nitrogens with zero attached hydrogens (tertiary/aromatic N) is 2.